The maximum atomic E-state index is 11.8. The Bertz CT molecular complexity index is 582. The van der Waals surface area contributed by atoms with Crippen LogP contribution in [0.15, 0.2) is 29.8 Å². The first-order valence-electron chi connectivity index (χ1n) is 6.16. The number of nitrogens with two attached hydrogens (primary N) is 1. The van der Waals surface area contributed by atoms with Gasteiger partial charge in [-0.2, -0.15) is 0 Å². The highest BCUT2D eigenvalue weighted by molar-refractivity contribution is 7.09. The Morgan fingerprint density at radius 3 is 3.26 bits per heavy atom. The van der Waals surface area contributed by atoms with Crippen molar-refractivity contribution in [2.24, 2.45) is 5.73 Å². The zero-order chi connectivity index (χ0) is 13.2. The van der Waals surface area contributed by atoms with E-state index >= 15 is 0 Å². The molecule has 1 atom stereocenters. The molecule has 0 aliphatic carbocycles. The maximum Gasteiger partial charge on any atom is 0.239 e. The van der Waals surface area contributed by atoms with Crippen molar-refractivity contribution in [3.05, 3.63) is 52.0 Å². The minimum Gasteiger partial charge on any atom is -0.368 e. The van der Waals surface area contributed by atoms with Crippen LogP contribution >= 0.6 is 11.3 Å². The minimum absolute atomic E-state index is 0.302. The first-order valence-corrected chi connectivity index (χ1v) is 7.04. The number of fused-ring (bicyclic) bond motifs is 1. The molecule has 1 amide bonds. The molecule has 0 saturated heterocycles. The zero-order valence-corrected chi connectivity index (χ0v) is 11.2. The number of carbonyl (C=O) groups excluding carboxylic acids is 1. The third kappa shape index (κ3) is 2.39. The highest BCUT2D eigenvalue weighted by Crippen LogP contribution is 2.30. The Hall–Kier alpha value is -1.72. The van der Waals surface area contributed by atoms with E-state index in [1.54, 1.807) is 17.5 Å². The van der Waals surface area contributed by atoms with Gasteiger partial charge in [0.1, 0.15) is 11.0 Å². The summed E-state index contributed by atoms with van der Waals surface area (Å²) in [5.41, 5.74) is 7.77. The van der Waals surface area contributed by atoms with Crippen LogP contribution in [0.3, 0.4) is 0 Å². The molecule has 1 aromatic carbocycles. The summed E-state index contributed by atoms with van der Waals surface area (Å²) in [5.74, 6) is -0.302. The number of rotatable bonds is 3. The number of benzene rings is 1. The third-order valence-electron chi connectivity index (χ3n) is 3.41. The third-order valence-corrected chi connectivity index (χ3v) is 4.17. The molecule has 1 aliphatic rings. The fraction of sp³-hybridized carbons (Fsp3) is 0.286. The van der Waals surface area contributed by atoms with Crippen molar-refractivity contribution in [1.82, 2.24) is 9.88 Å². The molecule has 2 aromatic rings. The van der Waals surface area contributed by atoms with Crippen molar-refractivity contribution in [3.63, 3.8) is 0 Å². The van der Waals surface area contributed by atoms with Gasteiger partial charge in [-0.15, -0.1) is 11.3 Å². The van der Waals surface area contributed by atoms with Crippen molar-refractivity contribution in [2.75, 3.05) is 6.54 Å². The van der Waals surface area contributed by atoms with Gasteiger partial charge in [0.05, 0.1) is 6.54 Å². The van der Waals surface area contributed by atoms with Gasteiger partial charge in [0.25, 0.3) is 0 Å². The fourth-order valence-electron chi connectivity index (χ4n) is 2.56. The predicted octanol–water partition coefficient (Wildman–Crippen LogP) is 1.53. The summed E-state index contributed by atoms with van der Waals surface area (Å²) in [5, 5.41) is 2.96. The maximum absolute atomic E-state index is 11.8. The van der Waals surface area contributed by atoms with Gasteiger partial charge in [-0.05, 0) is 23.6 Å². The lowest BCUT2D eigenvalue weighted by Crippen LogP contribution is -2.42. The van der Waals surface area contributed by atoms with Crippen LogP contribution in [-0.4, -0.2) is 22.3 Å². The van der Waals surface area contributed by atoms with Gasteiger partial charge < -0.3 is 5.73 Å². The number of primary amides is 1. The van der Waals surface area contributed by atoms with Gasteiger partial charge in [0.2, 0.25) is 5.91 Å². The molecule has 2 N–H and O–H groups in total. The Balaban J connectivity index is 1.92. The van der Waals surface area contributed by atoms with E-state index in [0.29, 0.717) is 6.54 Å². The summed E-state index contributed by atoms with van der Waals surface area (Å²) in [6.07, 6.45) is 2.70. The molecular formula is C14H14N3OS. The average molecular weight is 272 g/mol. The second-order valence-corrected chi connectivity index (χ2v) is 5.56. The molecule has 5 heteroatoms. The zero-order valence-electron chi connectivity index (χ0n) is 10.4. The van der Waals surface area contributed by atoms with E-state index in [1.807, 2.05) is 23.6 Å². The molecule has 1 aromatic heterocycles. The van der Waals surface area contributed by atoms with E-state index in [2.05, 4.69) is 16.0 Å². The minimum atomic E-state index is -0.359. The summed E-state index contributed by atoms with van der Waals surface area (Å²) in [6, 6.07) is 8.43. The molecule has 3 rings (SSSR count). The summed E-state index contributed by atoms with van der Waals surface area (Å²) >= 11 is 1.60. The lowest BCUT2D eigenvalue weighted by atomic mass is 9.92. The molecular weight excluding hydrogens is 258 g/mol. The number of hydrogen-bond donors (Lipinski definition) is 1. The van der Waals surface area contributed by atoms with Crippen molar-refractivity contribution >= 4 is 17.2 Å². The number of carbonyl (C=O) groups is 1. The molecule has 0 spiro atoms. The molecule has 4 nitrogen and oxygen atoms in total. The van der Waals surface area contributed by atoms with E-state index in [0.717, 1.165) is 23.5 Å². The standard InChI is InChI=1S/C14H14N3OS/c15-14(18)13-11-4-2-1-3-10(11)5-7-17(13)9-12-16-6-8-19-12/h2-4,6,8,13H,5,7,9H2,(H2,15,18). The Morgan fingerprint density at radius 2 is 2.53 bits per heavy atom. The quantitative estimate of drug-likeness (QED) is 0.921. The van der Waals surface area contributed by atoms with Crippen LogP contribution in [0.4, 0.5) is 0 Å². The number of thiazole rings is 1. The molecule has 1 radical (unpaired) electrons. The summed E-state index contributed by atoms with van der Waals surface area (Å²) in [6.45, 7) is 1.49. The number of aromatic nitrogens is 1. The number of hydrogen-bond acceptors (Lipinski definition) is 4. The average Bonchev–Trinajstić information content (AvgIpc) is 2.91. The Morgan fingerprint density at radius 1 is 1.63 bits per heavy atom. The van der Waals surface area contributed by atoms with Crippen LogP contribution in [0, 0.1) is 6.07 Å². The van der Waals surface area contributed by atoms with Crippen LogP contribution in [0.5, 0.6) is 0 Å². The summed E-state index contributed by atoms with van der Waals surface area (Å²) < 4.78 is 0. The number of nitrogens with zero attached hydrogens (tertiary/aromatic N) is 2. The van der Waals surface area contributed by atoms with Crippen LogP contribution < -0.4 is 5.73 Å². The van der Waals surface area contributed by atoms with E-state index in [-0.39, 0.29) is 11.9 Å². The van der Waals surface area contributed by atoms with Crippen LogP contribution in [0.1, 0.15) is 22.2 Å². The smallest absolute Gasteiger partial charge is 0.239 e. The predicted molar refractivity (Wildman–Crippen MR) is 73.4 cm³/mol. The summed E-state index contributed by atoms with van der Waals surface area (Å²) in [4.78, 5) is 18.2. The molecule has 0 saturated carbocycles. The normalized spacial score (nSPS) is 19.1. The second-order valence-electron chi connectivity index (χ2n) is 4.58. The molecule has 19 heavy (non-hydrogen) atoms. The van der Waals surface area contributed by atoms with Gasteiger partial charge >= 0.3 is 0 Å². The van der Waals surface area contributed by atoms with Crippen LogP contribution in [0.2, 0.25) is 0 Å². The lowest BCUT2D eigenvalue weighted by Gasteiger charge is -2.34. The summed E-state index contributed by atoms with van der Waals surface area (Å²) in [7, 11) is 0. The van der Waals surface area contributed by atoms with Gasteiger partial charge in [0.15, 0.2) is 0 Å². The van der Waals surface area contributed by atoms with Crippen LogP contribution in [0.25, 0.3) is 0 Å². The highest BCUT2D eigenvalue weighted by atomic mass is 32.1. The van der Waals surface area contributed by atoms with E-state index in [9.17, 15) is 4.79 Å². The topological polar surface area (TPSA) is 59.2 Å². The molecule has 0 bridgehead atoms. The van der Waals surface area contributed by atoms with Gasteiger partial charge in [0, 0.05) is 18.1 Å². The Kier molecular flexibility index (Phi) is 3.31. The van der Waals surface area contributed by atoms with Crippen molar-refractivity contribution in [3.8, 4) is 0 Å². The lowest BCUT2D eigenvalue weighted by molar-refractivity contribution is -0.124. The Labute approximate surface area is 115 Å². The largest absolute Gasteiger partial charge is 0.368 e. The van der Waals surface area contributed by atoms with Crippen LogP contribution in [-0.2, 0) is 17.8 Å². The monoisotopic (exact) mass is 272 g/mol. The first-order chi connectivity index (χ1) is 9.25. The highest BCUT2D eigenvalue weighted by Gasteiger charge is 2.31. The van der Waals surface area contributed by atoms with Crippen molar-refractivity contribution in [1.29, 1.82) is 0 Å². The molecule has 2 heterocycles. The van der Waals surface area contributed by atoms with Crippen molar-refractivity contribution in [2.45, 2.75) is 19.0 Å². The molecule has 0 fully saturated rings. The number of amides is 1. The van der Waals surface area contributed by atoms with E-state index in [4.69, 9.17) is 5.73 Å². The van der Waals surface area contributed by atoms with Gasteiger partial charge in [-0.3, -0.25) is 9.69 Å². The molecule has 1 aliphatic heterocycles. The van der Waals surface area contributed by atoms with E-state index < -0.39 is 0 Å². The van der Waals surface area contributed by atoms with Gasteiger partial charge in [-0.1, -0.05) is 18.2 Å². The SMILES string of the molecule is NC(=O)C1c2cc[c]cc2CCN1Cc1nccs1. The van der Waals surface area contributed by atoms with Crippen molar-refractivity contribution < 1.29 is 4.79 Å². The molecule has 1 unspecified atom stereocenters. The van der Waals surface area contributed by atoms with Gasteiger partial charge in [-0.25, -0.2) is 4.98 Å². The molecule has 97 valence electrons. The fourth-order valence-corrected chi connectivity index (χ4v) is 3.20. The second kappa shape index (κ2) is 5.11. The first kappa shape index (κ1) is 12.3. The van der Waals surface area contributed by atoms with E-state index in [1.165, 1.54) is 5.56 Å².